The molecule has 2 aliphatic rings. The first-order valence-electron chi connectivity index (χ1n) is 16.9. The molecule has 3 aromatic heterocycles. The summed E-state index contributed by atoms with van der Waals surface area (Å²) in [4.78, 5) is 27.9. The summed E-state index contributed by atoms with van der Waals surface area (Å²) in [6, 6.07) is 32.7. The van der Waals surface area contributed by atoms with Crippen LogP contribution in [0.15, 0.2) is 109 Å². The quantitative estimate of drug-likeness (QED) is 0.183. The fourth-order valence-corrected chi connectivity index (χ4v) is 6.82. The molecule has 1 aliphatic carbocycles. The average molecular weight is 663 g/mol. The average Bonchev–Trinajstić information content (AvgIpc) is 3.44. The lowest BCUT2D eigenvalue weighted by molar-refractivity contribution is 0.0377. The predicted octanol–water partition coefficient (Wildman–Crippen LogP) is 9.30. The highest BCUT2D eigenvalue weighted by atomic mass is 16.6. The summed E-state index contributed by atoms with van der Waals surface area (Å²) < 4.78 is 13.2. The maximum absolute atomic E-state index is 12.9. The Bertz CT molecular complexity index is 2200. The van der Waals surface area contributed by atoms with Crippen molar-refractivity contribution in [3.05, 3.63) is 115 Å². The third kappa shape index (κ3) is 5.64. The molecule has 0 bridgehead atoms. The van der Waals surface area contributed by atoms with Crippen molar-refractivity contribution in [2.24, 2.45) is 0 Å². The fraction of sp³-hybridized carbons (Fsp3) is 0.220. The van der Waals surface area contributed by atoms with Crippen molar-refractivity contribution >= 4 is 17.6 Å². The van der Waals surface area contributed by atoms with Gasteiger partial charge in [0.15, 0.2) is 5.82 Å². The van der Waals surface area contributed by atoms with Gasteiger partial charge in [0.1, 0.15) is 17.2 Å². The molecular formula is C41H38N6O3. The summed E-state index contributed by atoms with van der Waals surface area (Å²) in [6.45, 7) is 5.64. The summed E-state index contributed by atoms with van der Waals surface area (Å²) >= 11 is 0. The van der Waals surface area contributed by atoms with E-state index in [-0.39, 0.29) is 0 Å². The van der Waals surface area contributed by atoms with Crippen LogP contribution in [0.2, 0.25) is 0 Å². The normalized spacial score (nSPS) is 14.2. The standard InChI is InChI=1S/C41H38N6O3/c1-40(2,3)50-39(48)46-41(22-8-23-41)29-17-12-27(13-18-29)36-35(28-16-21-32(43-25-28)26-14-19-30(49-4)20-15-26)45-38-31-9-5-6-10-33(31)44-37-34(47(36)38)11-7-24-42-37/h5-7,9-21,24-25H,8,22-23H2,1-4H3,(H,42,44)(H,46,48). The first kappa shape index (κ1) is 31.3. The number of alkyl carbamates (subject to hydrolysis) is 1. The van der Waals surface area contributed by atoms with Gasteiger partial charge in [-0.1, -0.05) is 36.4 Å². The third-order valence-electron chi connectivity index (χ3n) is 9.41. The van der Waals surface area contributed by atoms with Crippen LogP contribution in [0.3, 0.4) is 0 Å². The molecule has 0 spiro atoms. The zero-order valence-corrected chi connectivity index (χ0v) is 28.5. The number of hydrogen-bond donors (Lipinski definition) is 2. The molecule has 1 fully saturated rings. The van der Waals surface area contributed by atoms with Crippen LogP contribution in [0.1, 0.15) is 45.6 Å². The topological polar surface area (TPSA) is 103 Å². The van der Waals surface area contributed by atoms with E-state index < -0.39 is 17.2 Å². The zero-order valence-electron chi connectivity index (χ0n) is 28.5. The van der Waals surface area contributed by atoms with Crippen LogP contribution >= 0.6 is 0 Å². The van der Waals surface area contributed by atoms with Crippen molar-refractivity contribution in [1.82, 2.24) is 24.8 Å². The van der Waals surface area contributed by atoms with Gasteiger partial charge in [0.25, 0.3) is 0 Å². The second-order valence-corrected chi connectivity index (χ2v) is 13.8. The summed E-state index contributed by atoms with van der Waals surface area (Å²) in [7, 11) is 1.66. The number of fused-ring (bicyclic) bond motifs is 5. The Morgan fingerprint density at radius 3 is 2.28 bits per heavy atom. The number of anilines is 2. The van der Waals surface area contributed by atoms with E-state index in [0.29, 0.717) is 0 Å². The van der Waals surface area contributed by atoms with Gasteiger partial charge < -0.3 is 20.1 Å². The Labute approximate surface area is 291 Å². The first-order valence-corrected chi connectivity index (χ1v) is 16.9. The minimum atomic E-state index is -0.574. The molecule has 6 aromatic rings. The van der Waals surface area contributed by atoms with E-state index in [1.807, 2.05) is 81.6 Å². The number of amides is 1. The van der Waals surface area contributed by atoms with Crippen molar-refractivity contribution in [2.75, 3.05) is 12.4 Å². The molecule has 1 saturated carbocycles. The molecule has 1 aliphatic heterocycles. The van der Waals surface area contributed by atoms with Crippen molar-refractivity contribution in [3.63, 3.8) is 0 Å². The van der Waals surface area contributed by atoms with E-state index in [9.17, 15) is 4.79 Å². The number of benzene rings is 3. The van der Waals surface area contributed by atoms with Gasteiger partial charge in [0.05, 0.1) is 41.1 Å². The van der Waals surface area contributed by atoms with Gasteiger partial charge in [0, 0.05) is 34.6 Å². The van der Waals surface area contributed by atoms with Gasteiger partial charge >= 0.3 is 6.09 Å². The number of para-hydroxylation sites is 1. The van der Waals surface area contributed by atoms with Crippen molar-refractivity contribution in [1.29, 1.82) is 0 Å². The summed E-state index contributed by atoms with van der Waals surface area (Å²) in [6.07, 6.45) is 6.03. The second-order valence-electron chi connectivity index (χ2n) is 13.8. The number of carbonyl (C=O) groups excluding carboxylic acids is 1. The number of nitrogens with one attached hydrogen (secondary N) is 2. The van der Waals surface area contributed by atoms with E-state index >= 15 is 0 Å². The van der Waals surface area contributed by atoms with Gasteiger partial charge in [-0.25, -0.2) is 14.8 Å². The molecule has 1 amide bonds. The number of hydrogen-bond acceptors (Lipinski definition) is 7. The van der Waals surface area contributed by atoms with E-state index in [1.54, 1.807) is 13.3 Å². The number of imidazole rings is 1. The van der Waals surface area contributed by atoms with Crippen molar-refractivity contribution in [2.45, 2.75) is 51.2 Å². The second kappa shape index (κ2) is 12.2. The van der Waals surface area contributed by atoms with Crippen molar-refractivity contribution < 1.29 is 14.3 Å². The Morgan fingerprint density at radius 2 is 1.60 bits per heavy atom. The zero-order chi connectivity index (χ0) is 34.5. The smallest absolute Gasteiger partial charge is 0.408 e. The molecule has 0 radical (unpaired) electrons. The van der Waals surface area contributed by atoms with E-state index in [0.717, 1.165) is 92.9 Å². The Balaban J connectivity index is 1.26. The molecule has 9 heteroatoms. The molecule has 50 heavy (non-hydrogen) atoms. The molecule has 8 rings (SSSR count). The first-order chi connectivity index (χ1) is 24.2. The largest absolute Gasteiger partial charge is 0.497 e. The van der Waals surface area contributed by atoms with E-state index in [4.69, 9.17) is 24.4 Å². The molecule has 0 atom stereocenters. The number of carbonyl (C=O) groups is 1. The van der Waals surface area contributed by atoms with Crippen LogP contribution < -0.4 is 15.4 Å². The maximum atomic E-state index is 12.9. The molecule has 2 N–H and O–H groups in total. The number of nitrogens with zero attached hydrogens (tertiary/aromatic N) is 4. The summed E-state index contributed by atoms with van der Waals surface area (Å²) in [5, 5.41) is 6.73. The maximum Gasteiger partial charge on any atom is 0.408 e. The minimum absolute atomic E-state index is 0.398. The van der Waals surface area contributed by atoms with Crippen LogP contribution in [0, 0.1) is 0 Å². The fourth-order valence-electron chi connectivity index (χ4n) is 6.82. The van der Waals surface area contributed by atoms with E-state index in [1.165, 1.54) is 0 Å². The lowest BCUT2D eigenvalue weighted by Gasteiger charge is -2.43. The van der Waals surface area contributed by atoms with Gasteiger partial charge in [-0.15, -0.1) is 0 Å². The molecule has 250 valence electrons. The van der Waals surface area contributed by atoms with Crippen LogP contribution in [-0.2, 0) is 10.3 Å². The Kier molecular flexibility index (Phi) is 7.63. The van der Waals surface area contributed by atoms with Gasteiger partial charge in [-0.2, -0.15) is 0 Å². The van der Waals surface area contributed by atoms with Gasteiger partial charge in [-0.05, 0) is 106 Å². The lowest BCUT2D eigenvalue weighted by atomic mass is 9.71. The van der Waals surface area contributed by atoms with Gasteiger partial charge in [-0.3, -0.25) is 9.55 Å². The highest BCUT2D eigenvalue weighted by Crippen LogP contribution is 2.46. The lowest BCUT2D eigenvalue weighted by Crippen LogP contribution is -2.52. The molecule has 3 aromatic carbocycles. The van der Waals surface area contributed by atoms with Crippen molar-refractivity contribution in [3.8, 4) is 56.6 Å². The summed E-state index contributed by atoms with van der Waals surface area (Å²) in [5.41, 5.74) is 8.24. The number of aromatic nitrogens is 4. The molecular weight excluding hydrogens is 624 g/mol. The minimum Gasteiger partial charge on any atom is -0.497 e. The number of ether oxygens (including phenoxy) is 2. The molecule has 9 nitrogen and oxygen atoms in total. The van der Waals surface area contributed by atoms with Crippen LogP contribution in [0.4, 0.5) is 16.3 Å². The Hall–Kier alpha value is -5.96. The number of pyridine rings is 2. The van der Waals surface area contributed by atoms with Crippen LogP contribution in [0.25, 0.3) is 50.8 Å². The molecule has 4 heterocycles. The monoisotopic (exact) mass is 662 g/mol. The van der Waals surface area contributed by atoms with Crippen LogP contribution in [-0.4, -0.2) is 38.3 Å². The highest BCUT2D eigenvalue weighted by Gasteiger charge is 2.41. The molecule has 0 saturated heterocycles. The summed E-state index contributed by atoms with van der Waals surface area (Å²) in [5.74, 6) is 2.34. The third-order valence-corrected chi connectivity index (χ3v) is 9.41. The predicted molar refractivity (Wildman–Crippen MR) is 196 cm³/mol. The van der Waals surface area contributed by atoms with E-state index in [2.05, 4.69) is 57.7 Å². The number of rotatable bonds is 6. The molecule has 0 unspecified atom stereocenters. The number of methoxy groups -OCH3 is 1. The highest BCUT2D eigenvalue weighted by molar-refractivity contribution is 5.91. The van der Waals surface area contributed by atoms with Crippen LogP contribution in [0.5, 0.6) is 5.75 Å². The SMILES string of the molecule is COc1ccc(-c2ccc(-c3nc4n(c3-c3ccc(C5(NC(=O)OC(C)(C)C)CCC5)cc3)-c3cccnc3Nc3ccccc3-4)cn2)cc1. The Morgan fingerprint density at radius 1 is 0.860 bits per heavy atom. The van der Waals surface area contributed by atoms with Gasteiger partial charge in [0.2, 0.25) is 0 Å².